The van der Waals surface area contributed by atoms with Crippen LogP contribution in [0.15, 0.2) is 182 Å². The Morgan fingerprint density at radius 2 is 0.435 bits per heavy atom. The Labute approximate surface area is 700 Å². The summed E-state index contributed by atoms with van der Waals surface area (Å²) in [5.74, 6) is -1.61. The summed E-state index contributed by atoms with van der Waals surface area (Å²) < 4.78 is 61.4. The minimum Gasteiger partial charge on any atom is -0.463 e. The summed E-state index contributed by atoms with van der Waals surface area (Å²) in [6.45, 7) is 2.32. The van der Waals surface area contributed by atoms with Crippen molar-refractivity contribution in [3.05, 3.63) is 182 Å². The van der Waals surface area contributed by atoms with Gasteiger partial charge in [-0.3, -0.25) is 32.5 Å². The first-order valence-corrected chi connectivity index (χ1v) is 48.1. The lowest BCUT2D eigenvalue weighted by Crippen LogP contribution is -2.30. The Balaban J connectivity index is 4.56. The zero-order chi connectivity index (χ0) is 83.6. The molecule has 16 nitrogen and oxygen atoms in total. The summed E-state index contributed by atoms with van der Waals surface area (Å²) >= 11 is 0. The molecular formula is C97H162O16P2. The molecule has 0 spiro atoms. The molecule has 656 valence electrons. The monoisotopic (exact) mass is 1650 g/mol. The van der Waals surface area contributed by atoms with Crippen LogP contribution in [0.4, 0.5) is 0 Å². The predicted octanol–water partition coefficient (Wildman–Crippen LogP) is 27.7. The molecule has 0 saturated heterocycles. The number of rotatable bonds is 84. The first-order valence-electron chi connectivity index (χ1n) is 45.1. The lowest BCUT2D eigenvalue weighted by Gasteiger charge is -2.21. The number of aliphatic hydroxyl groups excluding tert-OH is 2. The van der Waals surface area contributed by atoms with Crippen LogP contribution in [0.5, 0.6) is 0 Å². The van der Waals surface area contributed by atoms with E-state index in [1.807, 2.05) is 0 Å². The zero-order valence-electron chi connectivity index (χ0n) is 72.1. The molecule has 5 atom stereocenters. The lowest BCUT2D eigenvalue weighted by molar-refractivity contribution is -0.161. The van der Waals surface area contributed by atoms with E-state index in [4.69, 9.17) is 32.3 Å². The number of allylic oxidation sites excluding steroid dienone is 30. The van der Waals surface area contributed by atoms with Gasteiger partial charge >= 0.3 is 33.6 Å². The van der Waals surface area contributed by atoms with E-state index in [0.29, 0.717) is 19.3 Å². The minimum absolute atomic E-state index is 0.0597. The Morgan fingerprint density at radius 1 is 0.243 bits per heavy atom. The maximum Gasteiger partial charge on any atom is 0.472 e. The van der Waals surface area contributed by atoms with Crippen molar-refractivity contribution in [3.63, 3.8) is 0 Å². The molecule has 0 aromatic carbocycles. The van der Waals surface area contributed by atoms with E-state index in [-0.39, 0.29) is 19.3 Å². The second-order valence-electron chi connectivity index (χ2n) is 29.6. The first-order chi connectivity index (χ1) is 56.2. The normalized spacial score (nSPS) is 14.7. The maximum absolute atomic E-state index is 13.0. The molecule has 4 N–H and O–H groups in total. The zero-order valence-corrected chi connectivity index (χ0v) is 73.9. The van der Waals surface area contributed by atoms with E-state index in [1.165, 1.54) is 128 Å². The molecular weight excluding hydrogens is 1480 g/mol. The number of esters is 3. The average Bonchev–Trinajstić information content (AvgIpc) is 0.902. The number of unbranched alkanes of at least 4 members (excludes halogenated alkanes) is 31. The van der Waals surface area contributed by atoms with Gasteiger partial charge in [-0.15, -0.1) is 0 Å². The molecule has 0 aliphatic carbocycles. The number of phosphoric ester groups is 2. The van der Waals surface area contributed by atoms with Crippen molar-refractivity contribution in [1.82, 2.24) is 0 Å². The molecule has 0 aliphatic rings. The second kappa shape index (κ2) is 87.9. The van der Waals surface area contributed by atoms with Gasteiger partial charge in [-0.2, -0.15) is 0 Å². The SMILES string of the molecule is CC/C=C\C/C=C\C/C=C\C/C=C\C/C=C\CCCCCCCCCCCCCCCCCCCC(=O)OCC(O)COP(=O)(O)OCC(O)COP(=O)(O)OCC(COC(=O)CCCCCCCCCCCCC/C=C\C/C=C\C/C=C\C/C=C\C/C=C\CC)OC(=O)CCCCC/C=C\C/C=C\C/C=C\C/C=C\C/C=C\CC. The number of hydrogen-bond donors (Lipinski definition) is 4. The van der Waals surface area contributed by atoms with Crippen molar-refractivity contribution in [2.75, 3.05) is 39.6 Å². The van der Waals surface area contributed by atoms with Crippen molar-refractivity contribution in [1.29, 1.82) is 0 Å². The van der Waals surface area contributed by atoms with Gasteiger partial charge in [0.2, 0.25) is 0 Å². The van der Waals surface area contributed by atoms with E-state index >= 15 is 0 Å². The second-order valence-corrected chi connectivity index (χ2v) is 32.5. The fourth-order valence-corrected chi connectivity index (χ4v) is 13.5. The molecule has 0 saturated carbocycles. The third-order valence-electron chi connectivity index (χ3n) is 18.6. The topological polar surface area (TPSA) is 231 Å². The van der Waals surface area contributed by atoms with Crippen LogP contribution in [0.1, 0.15) is 355 Å². The third kappa shape index (κ3) is 89.3. The number of aliphatic hydroxyl groups is 2. The highest BCUT2D eigenvalue weighted by Gasteiger charge is 2.29. The fraction of sp³-hybridized carbons (Fsp3) is 0.660. The highest BCUT2D eigenvalue weighted by molar-refractivity contribution is 7.47. The van der Waals surface area contributed by atoms with Gasteiger partial charge < -0.3 is 34.2 Å². The van der Waals surface area contributed by atoms with E-state index in [0.717, 1.165) is 167 Å². The molecule has 0 amide bonds. The Hall–Kier alpha value is -5.35. The van der Waals surface area contributed by atoms with Crippen LogP contribution in [0.3, 0.4) is 0 Å². The Kier molecular flexibility index (Phi) is 83.9. The molecule has 0 fully saturated rings. The summed E-state index contributed by atoms with van der Waals surface area (Å²) in [4.78, 5) is 58.9. The molecule has 115 heavy (non-hydrogen) atoms. The van der Waals surface area contributed by atoms with Crippen molar-refractivity contribution >= 4 is 33.6 Å². The summed E-state index contributed by atoms with van der Waals surface area (Å²) in [5.41, 5.74) is 0. The largest absolute Gasteiger partial charge is 0.472 e. The summed E-state index contributed by atoms with van der Waals surface area (Å²) in [5, 5.41) is 20.7. The molecule has 18 heteroatoms. The van der Waals surface area contributed by atoms with Crippen LogP contribution in [-0.4, -0.2) is 95.9 Å². The van der Waals surface area contributed by atoms with Crippen LogP contribution in [0, 0.1) is 0 Å². The van der Waals surface area contributed by atoms with Crippen LogP contribution >= 0.6 is 15.6 Å². The number of ether oxygens (including phenoxy) is 3. The van der Waals surface area contributed by atoms with Crippen LogP contribution in [-0.2, 0) is 55.8 Å². The first kappa shape index (κ1) is 110. The fourth-order valence-electron chi connectivity index (χ4n) is 11.9. The van der Waals surface area contributed by atoms with E-state index < -0.39 is 91.5 Å². The van der Waals surface area contributed by atoms with Gasteiger partial charge in [0.05, 0.1) is 26.4 Å². The molecule has 0 bridgehead atoms. The van der Waals surface area contributed by atoms with E-state index in [1.54, 1.807) is 0 Å². The van der Waals surface area contributed by atoms with Gasteiger partial charge in [0.25, 0.3) is 0 Å². The Morgan fingerprint density at radius 3 is 0.696 bits per heavy atom. The highest BCUT2D eigenvalue weighted by Crippen LogP contribution is 2.45. The van der Waals surface area contributed by atoms with Gasteiger partial charge in [0, 0.05) is 19.3 Å². The van der Waals surface area contributed by atoms with Crippen LogP contribution in [0.25, 0.3) is 0 Å². The number of phosphoric acid groups is 2. The van der Waals surface area contributed by atoms with Crippen molar-refractivity contribution < 1.29 is 75.8 Å². The third-order valence-corrected chi connectivity index (χ3v) is 20.5. The molecule has 0 aliphatic heterocycles. The molecule has 0 aromatic heterocycles. The average molecular weight is 1650 g/mol. The van der Waals surface area contributed by atoms with E-state index in [9.17, 15) is 43.5 Å². The lowest BCUT2D eigenvalue weighted by atomic mass is 10.0. The quantitative estimate of drug-likeness (QED) is 0.0146. The van der Waals surface area contributed by atoms with Gasteiger partial charge in [0.15, 0.2) is 6.10 Å². The number of carbonyl (C=O) groups excluding carboxylic acids is 3. The summed E-state index contributed by atoms with van der Waals surface area (Å²) in [6.07, 6.45) is 115. The number of carbonyl (C=O) groups is 3. The van der Waals surface area contributed by atoms with Gasteiger partial charge in [0.1, 0.15) is 25.4 Å². The summed E-state index contributed by atoms with van der Waals surface area (Å²) in [6, 6.07) is 0. The highest BCUT2D eigenvalue weighted by atomic mass is 31.2. The minimum atomic E-state index is -4.95. The van der Waals surface area contributed by atoms with Crippen molar-refractivity contribution in [2.24, 2.45) is 0 Å². The smallest absolute Gasteiger partial charge is 0.463 e. The maximum atomic E-state index is 13.0. The van der Waals surface area contributed by atoms with Gasteiger partial charge in [-0.05, 0) is 154 Å². The standard InChI is InChI=1S/C97H162O16P2/c1-4-7-10-13-16-19-22-25-28-31-34-36-38-40-42-43-44-45-46-47-49-51-52-54-57-59-62-65-68-71-74-77-80-83-95(100)107-86-92(98)87-109-114(103,104)110-88-93(99)89-111-115(105,106)112-91-94(113-97(102)85-82-79-76-73-70-67-64-61-56-33-30-27-24-21-18-15-12-9-6-3)90-108-96(101)84-81-78-75-72-69-66-63-60-58-55-53-50-48-41-39-37-35-32-29-26-23-20-17-14-11-8-5-2/h7-12,16-21,25-30,34-37,40-42,48,56,61,67,70,92-94,98-99H,4-6,13-15,22-24,31-33,38-39,43-47,49-55,57-60,62-66,68-69,71-91H2,1-3H3,(H,103,104)(H,105,106)/b10-7-,11-8-,12-9-,19-16-,20-17-,21-18-,28-25-,29-26-,30-27-,36-34-,37-35-,42-40-,48-41-,61-56-,70-67-. The molecule has 0 heterocycles. The van der Waals surface area contributed by atoms with Gasteiger partial charge in [-0.25, -0.2) is 9.13 Å². The van der Waals surface area contributed by atoms with Crippen molar-refractivity contribution in [3.8, 4) is 0 Å². The van der Waals surface area contributed by atoms with Crippen molar-refractivity contribution in [2.45, 2.75) is 373 Å². The van der Waals surface area contributed by atoms with E-state index in [2.05, 4.69) is 203 Å². The van der Waals surface area contributed by atoms with Gasteiger partial charge in [-0.1, -0.05) is 364 Å². The van der Waals surface area contributed by atoms with Crippen LogP contribution < -0.4 is 0 Å². The predicted molar refractivity (Wildman–Crippen MR) is 481 cm³/mol. The number of hydrogen-bond acceptors (Lipinski definition) is 14. The molecule has 5 unspecified atom stereocenters. The Bertz CT molecular complexity index is 2820. The molecule has 0 rings (SSSR count). The summed E-state index contributed by atoms with van der Waals surface area (Å²) in [7, 11) is -9.82. The van der Waals surface area contributed by atoms with Crippen LogP contribution in [0.2, 0.25) is 0 Å². The molecule has 0 aromatic rings. The molecule has 0 radical (unpaired) electrons.